The lowest BCUT2D eigenvalue weighted by molar-refractivity contribution is -0.0717. The van der Waals surface area contributed by atoms with E-state index in [0.717, 1.165) is 61.6 Å². The van der Waals surface area contributed by atoms with Crippen LogP contribution in [0, 0.1) is 16.7 Å². The van der Waals surface area contributed by atoms with Crippen molar-refractivity contribution in [1.82, 2.24) is 19.4 Å². The zero-order valence-corrected chi connectivity index (χ0v) is 27.3. The molecular formula is C35H35ClN6O5. The predicted molar refractivity (Wildman–Crippen MR) is 174 cm³/mol. The number of piperazine rings is 1. The third kappa shape index (κ3) is 4.93. The molecule has 0 N–H and O–H groups in total. The second-order valence-electron chi connectivity index (χ2n) is 13.0. The molecule has 3 atom stereocenters. The quantitative estimate of drug-likeness (QED) is 0.220. The summed E-state index contributed by atoms with van der Waals surface area (Å²) in [5.41, 5.74) is 3.11. The van der Waals surface area contributed by atoms with Crippen LogP contribution in [0.4, 0.5) is 5.69 Å². The number of methoxy groups -OCH3 is 2. The molecule has 3 fully saturated rings. The minimum absolute atomic E-state index is 0.298. The van der Waals surface area contributed by atoms with Crippen LogP contribution in [0.25, 0.3) is 11.0 Å². The molecule has 4 aliphatic rings. The molecule has 2 aromatic heterocycles. The Labute approximate surface area is 277 Å². The summed E-state index contributed by atoms with van der Waals surface area (Å²) in [4.78, 5) is 27.0. The van der Waals surface area contributed by atoms with Crippen molar-refractivity contribution in [2.24, 2.45) is 5.41 Å². The lowest BCUT2D eigenvalue weighted by atomic mass is 9.81. The smallest absolute Gasteiger partial charge is 0.338 e. The first kappa shape index (κ1) is 29.8. The van der Waals surface area contributed by atoms with E-state index in [-0.39, 0.29) is 0 Å². The highest BCUT2D eigenvalue weighted by Gasteiger charge is 2.48. The van der Waals surface area contributed by atoms with Crippen molar-refractivity contribution in [3.05, 3.63) is 70.8 Å². The highest BCUT2D eigenvalue weighted by molar-refractivity contribution is 6.30. The molecule has 12 heteroatoms. The summed E-state index contributed by atoms with van der Waals surface area (Å²) in [6, 6.07) is 16.3. The van der Waals surface area contributed by atoms with Crippen molar-refractivity contribution in [2.45, 2.75) is 63.6 Å². The van der Waals surface area contributed by atoms with Gasteiger partial charge in [0.1, 0.15) is 22.8 Å². The summed E-state index contributed by atoms with van der Waals surface area (Å²) in [5, 5.41) is 10.5. The number of carbonyl (C=O) groups is 1. The lowest BCUT2D eigenvalue weighted by Crippen LogP contribution is -2.64. The average Bonchev–Trinajstić information content (AvgIpc) is 3.63. The summed E-state index contributed by atoms with van der Waals surface area (Å²) in [5.74, 6) is 1.30. The standard InChI is InChI=1S/C35H35ClN6O5/c1-34(29-10-7-22(36)17-38-29)46-27-6-4-5-25(32(27)47-34)41-14-13-40(23-8-9-24(23)41)18-30-39-31-26(42(30)20-35(19-37)11-12-35)15-21(33(43)45-3)16-28(31)44-2/h4-7,10,15-17,23-24H,8-9,11-14,18,20H2,1-3H3/t23-,24-,34-/m0/s1. The van der Waals surface area contributed by atoms with Crippen LogP contribution in [0.5, 0.6) is 17.2 Å². The van der Waals surface area contributed by atoms with Gasteiger partial charge < -0.3 is 28.4 Å². The van der Waals surface area contributed by atoms with Crippen LogP contribution in [0.15, 0.2) is 48.7 Å². The summed E-state index contributed by atoms with van der Waals surface area (Å²) in [6.45, 7) is 4.64. The van der Waals surface area contributed by atoms with Crippen LogP contribution < -0.4 is 19.1 Å². The van der Waals surface area contributed by atoms with E-state index in [4.69, 9.17) is 35.5 Å². The number of hydrogen-bond acceptors (Lipinski definition) is 10. The van der Waals surface area contributed by atoms with E-state index in [1.165, 1.54) is 7.11 Å². The summed E-state index contributed by atoms with van der Waals surface area (Å²) >= 11 is 6.09. The number of rotatable bonds is 8. The van der Waals surface area contributed by atoms with Gasteiger partial charge in [0, 0.05) is 44.8 Å². The van der Waals surface area contributed by atoms with Crippen molar-refractivity contribution >= 4 is 34.3 Å². The maximum Gasteiger partial charge on any atom is 0.338 e. The fraction of sp³-hybridized carbons (Fsp3) is 0.429. The van der Waals surface area contributed by atoms with Gasteiger partial charge >= 0.3 is 5.97 Å². The second-order valence-corrected chi connectivity index (χ2v) is 13.5. The number of fused-ring (bicyclic) bond motifs is 3. The van der Waals surface area contributed by atoms with Gasteiger partial charge in [-0.25, -0.2) is 9.78 Å². The van der Waals surface area contributed by atoms with Gasteiger partial charge in [0.05, 0.1) is 54.0 Å². The summed E-state index contributed by atoms with van der Waals surface area (Å²) < 4.78 is 25.7. The molecule has 11 nitrogen and oxygen atoms in total. The number of imidazole rings is 1. The van der Waals surface area contributed by atoms with Gasteiger partial charge in [0.25, 0.3) is 5.79 Å². The highest BCUT2D eigenvalue weighted by atomic mass is 35.5. The number of nitriles is 1. The van der Waals surface area contributed by atoms with E-state index in [1.54, 1.807) is 25.4 Å². The molecule has 2 aromatic carbocycles. The van der Waals surface area contributed by atoms with Crippen molar-refractivity contribution < 1.29 is 23.7 Å². The molecule has 0 spiro atoms. The van der Waals surface area contributed by atoms with E-state index < -0.39 is 17.2 Å². The zero-order valence-electron chi connectivity index (χ0n) is 26.5. The van der Waals surface area contributed by atoms with Crippen LogP contribution in [0.3, 0.4) is 0 Å². The third-order valence-corrected chi connectivity index (χ3v) is 10.4. The van der Waals surface area contributed by atoms with Gasteiger partial charge in [0.2, 0.25) is 0 Å². The Bertz CT molecular complexity index is 1940. The van der Waals surface area contributed by atoms with Crippen molar-refractivity contribution in [3.63, 3.8) is 0 Å². The number of pyridine rings is 1. The first-order chi connectivity index (χ1) is 22.7. The molecule has 4 aromatic rings. The van der Waals surface area contributed by atoms with Gasteiger partial charge in [-0.1, -0.05) is 17.7 Å². The maximum absolute atomic E-state index is 12.5. The molecule has 0 unspecified atom stereocenters. The van der Waals surface area contributed by atoms with E-state index >= 15 is 0 Å². The van der Waals surface area contributed by atoms with E-state index in [0.29, 0.717) is 58.5 Å². The summed E-state index contributed by atoms with van der Waals surface area (Å²) in [6.07, 6.45) is 5.43. The molecule has 0 radical (unpaired) electrons. The molecule has 4 heterocycles. The third-order valence-electron chi connectivity index (χ3n) is 10.2. The van der Waals surface area contributed by atoms with Crippen molar-refractivity contribution in [1.29, 1.82) is 5.26 Å². The molecular weight excluding hydrogens is 620 g/mol. The molecule has 47 heavy (non-hydrogen) atoms. The molecule has 242 valence electrons. The number of hydrogen-bond donors (Lipinski definition) is 0. The second kappa shape index (κ2) is 11.0. The first-order valence-corrected chi connectivity index (χ1v) is 16.3. The Hall–Kier alpha value is -4.53. The molecule has 1 saturated heterocycles. The minimum Gasteiger partial charge on any atom is -0.494 e. The van der Waals surface area contributed by atoms with Crippen molar-refractivity contribution in [2.75, 3.05) is 32.2 Å². The van der Waals surface area contributed by atoms with Crippen LogP contribution in [0.1, 0.15) is 54.5 Å². The Morgan fingerprint density at radius 3 is 2.64 bits per heavy atom. The van der Waals surface area contributed by atoms with Gasteiger partial charge in [-0.15, -0.1) is 0 Å². The average molecular weight is 655 g/mol. The van der Waals surface area contributed by atoms with Crippen LogP contribution in [0.2, 0.25) is 5.02 Å². The number of aromatic nitrogens is 3. The number of para-hydroxylation sites is 1. The Balaban J connectivity index is 1.08. The molecule has 0 amide bonds. The Morgan fingerprint density at radius 1 is 1.13 bits per heavy atom. The first-order valence-electron chi connectivity index (χ1n) is 16.0. The number of esters is 1. The van der Waals surface area contributed by atoms with E-state index in [2.05, 4.69) is 31.5 Å². The Morgan fingerprint density at radius 2 is 1.96 bits per heavy atom. The van der Waals surface area contributed by atoms with Gasteiger partial charge in [-0.05, 0) is 62.1 Å². The molecule has 8 rings (SSSR count). The zero-order chi connectivity index (χ0) is 32.5. The normalized spacial score (nSPS) is 23.9. The number of carbonyl (C=O) groups excluding carboxylic acids is 1. The predicted octanol–water partition coefficient (Wildman–Crippen LogP) is 5.68. The Kier molecular flexibility index (Phi) is 7.00. The SMILES string of the molecule is COC(=O)c1cc(OC)c2nc(CN3CCN(c4cccc5c4O[C@@](C)(c4ccc(Cl)cn4)O5)[C@H]4CC[C@@H]43)n(CC3(C#N)CC3)c2c1. The van der Waals surface area contributed by atoms with Gasteiger partial charge in [0.15, 0.2) is 11.5 Å². The summed E-state index contributed by atoms with van der Waals surface area (Å²) in [7, 11) is 2.94. The fourth-order valence-electron chi connectivity index (χ4n) is 7.27. The highest BCUT2D eigenvalue weighted by Crippen LogP contribution is 2.51. The van der Waals surface area contributed by atoms with Crippen molar-refractivity contribution in [3.8, 4) is 23.3 Å². The van der Waals surface area contributed by atoms with Gasteiger partial charge in [-0.2, -0.15) is 5.26 Å². The monoisotopic (exact) mass is 654 g/mol. The fourth-order valence-corrected chi connectivity index (χ4v) is 7.39. The molecule has 2 saturated carbocycles. The number of ether oxygens (including phenoxy) is 4. The van der Waals surface area contributed by atoms with Gasteiger partial charge in [-0.3, -0.25) is 9.88 Å². The number of benzene rings is 2. The topological polar surface area (TPSA) is 115 Å². The minimum atomic E-state index is -1.06. The number of halogens is 1. The maximum atomic E-state index is 12.5. The molecule has 2 aliphatic carbocycles. The number of nitrogens with zero attached hydrogens (tertiary/aromatic N) is 6. The lowest BCUT2D eigenvalue weighted by Gasteiger charge is -2.54. The molecule has 0 bridgehead atoms. The van der Waals surface area contributed by atoms with Crippen LogP contribution in [-0.4, -0.2) is 64.8 Å². The largest absolute Gasteiger partial charge is 0.494 e. The van der Waals surface area contributed by atoms with E-state index in [1.807, 2.05) is 31.2 Å². The molecule has 2 aliphatic heterocycles. The van der Waals surface area contributed by atoms with Crippen LogP contribution in [-0.2, 0) is 23.6 Å². The van der Waals surface area contributed by atoms with E-state index in [9.17, 15) is 10.1 Å². The number of anilines is 1. The van der Waals surface area contributed by atoms with Crippen LogP contribution >= 0.6 is 11.6 Å².